The van der Waals surface area contributed by atoms with Gasteiger partial charge in [-0.15, -0.1) is 4.80 Å². The van der Waals surface area contributed by atoms with E-state index in [0.717, 1.165) is 11.3 Å². The molecule has 1 heterocycles. The number of rotatable bonds is 3. The first-order valence-electron chi connectivity index (χ1n) is 4.10. The van der Waals surface area contributed by atoms with Crippen molar-refractivity contribution in [2.75, 3.05) is 7.11 Å². The fourth-order valence-electron chi connectivity index (χ4n) is 1.10. The summed E-state index contributed by atoms with van der Waals surface area (Å²) < 4.78 is 5.04. The maximum absolute atomic E-state index is 5.04. The largest absolute Gasteiger partial charge is 0.497 e. The maximum atomic E-state index is 5.04. The van der Waals surface area contributed by atoms with Crippen molar-refractivity contribution in [1.29, 1.82) is 0 Å². The van der Waals surface area contributed by atoms with Crippen LogP contribution in [-0.2, 0) is 6.54 Å². The third-order valence-electron chi connectivity index (χ3n) is 1.81. The molecule has 2 rings (SSSR count). The first kappa shape index (κ1) is 8.61. The molecular formula is C8H9N5O. The third kappa shape index (κ3) is 1.85. The summed E-state index contributed by atoms with van der Waals surface area (Å²) >= 11 is 0. The van der Waals surface area contributed by atoms with Crippen molar-refractivity contribution < 1.29 is 4.74 Å². The molecule has 0 aliphatic carbocycles. The van der Waals surface area contributed by atoms with Gasteiger partial charge in [0.1, 0.15) is 5.75 Å². The van der Waals surface area contributed by atoms with Crippen molar-refractivity contribution >= 4 is 0 Å². The van der Waals surface area contributed by atoms with Crippen LogP contribution in [0.4, 0.5) is 0 Å². The van der Waals surface area contributed by atoms with Gasteiger partial charge in [-0.1, -0.05) is 12.1 Å². The van der Waals surface area contributed by atoms with Gasteiger partial charge < -0.3 is 4.74 Å². The molecule has 0 fully saturated rings. The highest BCUT2D eigenvalue weighted by atomic mass is 16.5. The molecule has 0 saturated carbocycles. The summed E-state index contributed by atoms with van der Waals surface area (Å²) in [7, 11) is 1.64. The number of ether oxygens (including phenoxy) is 1. The second kappa shape index (κ2) is 3.82. The molecule has 0 aliphatic heterocycles. The van der Waals surface area contributed by atoms with Crippen molar-refractivity contribution in [2.24, 2.45) is 0 Å². The molecule has 6 nitrogen and oxygen atoms in total. The molecule has 0 saturated heterocycles. The van der Waals surface area contributed by atoms with Crippen LogP contribution >= 0.6 is 0 Å². The van der Waals surface area contributed by atoms with Gasteiger partial charge in [0.15, 0.2) is 0 Å². The van der Waals surface area contributed by atoms with Gasteiger partial charge in [0.2, 0.25) is 0 Å². The highest BCUT2D eigenvalue weighted by Gasteiger charge is 1.97. The van der Waals surface area contributed by atoms with Crippen molar-refractivity contribution in [2.45, 2.75) is 6.54 Å². The summed E-state index contributed by atoms with van der Waals surface area (Å²) in [5.41, 5.74) is 1.07. The minimum Gasteiger partial charge on any atom is -0.497 e. The quantitative estimate of drug-likeness (QED) is 0.689. The molecule has 0 spiro atoms. The first-order chi connectivity index (χ1) is 6.88. The normalized spacial score (nSPS) is 10.1. The first-order valence-corrected chi connectivity index (χ1v) is 4.10. The second-order valence-electron chi connectivity index (χ2n) is 2.74. The number of aromatic nitrogens is 5. The molecule has 1 aromatic heterocycles. The van der Waals surface area contributed by atoms with Crippen LogP contribution < -0.4 is 4.74 Å². The molecule has 72 valence electrons. The Hall–Kier alpha value is -1.98. The monoisotopic (exact) mass is 191 g/mol. The smallest absolute Gasteiger partial charge is 0.118 e. The Kier molecular flexibility index (Phi) is 2.35. The fraction of sp³-hybridized carbons (Fsp3) is 0.250. The van der Waals surface area contributed by atoms with Crippen LogP contribution in [0.3, 0.4) is 0 Å². The molecule has 0 N–H and O–H groups in total. The predicted molar refractivity (Wildman–Crippen MR) is 47.7 cm³/mol. The summed E-state index contributed by atoms with van der Waals surface area (Å²) in [5, 5.41) is 14.1. The van der Waals surface area contributed by atoms with Crippen molar-refractivity contribution in [3.63, 3.8) is 0 Å². The van der Waals surface area contributed by atoms with E-state index in [-0.39, 0.29) is 0 Å². The molecule has 0 aliphatic rings. The Bertz CT molecular complexity index is 383. The number of nitrogens with zero attached hydrogens (tertiary/aromatic N) is 5. The molecule has 0 unspecified atom stereocenters. The van der Waals surface area contributed by atoms with Gasteiger partial charge in [-0.25, -0.2) is 0 Å². The Balaban J connectivity index is 2.10. The Morgan fingerprint density at radius 3 is 2.36 bits per heavy atom. The van der Waals surface area contributed by atoms with Crippen molar-refractivity contribution in [3.05, 3.63) is 29.8 Å². The van der Waals surface area contributed by atoms with Crippen LogP contribution in [0.1, 0.15) is 5.56 Å². The molecule has 2 aromatic rings. The van der Waals surface area contributed by atoms with E-state index in [0.29, 0.717) is 6.54 Å². The Morgan fingerprint density at radius 1 is 1.14 bits per heavy atom. The Labute approximate surface area is 80.5 Å². The molecule has 1 aromatic carbocycles. The molecule has 0 atom stereocenters. The van der Waals surface area contributed by atoms with Crippen molar-refractivity contribution in [1.82, 2.24) is 25.7 Å². The van der Waals surface area contributed by atoms with Crippen molar-refractivity contribution in [3.8, 4) is 5.75 Å². The van der Waals surface area contributed by atoms with Crippen LogP contribution in [0.25, 0.3) is 0 Å². The van der Waals surface area contributed by atoms with Gasteiger partial charge in [0.05, 0.1) is 13.7 Å². The zero-order chi connectivity index (χ0) is 9.80. The van der Waals surface area contributed by atoms with Gasteiger partial charge in [-0.05, 0) is 38.5 Å². The van der Waals surface area contributed by atoms with Crippen LogP contribution in [0.15, 0.2) is 24.3 Å². The zero-order valence-corrected chi connectivity index (χ0v) is 7.66. The van der Waals surface area contributed by atoms with Gasteiger partial charge in [-0.2, -0.15) is 0 Å². The highest BCUT2D eigenvalue weighted by Crippen LogP contribution is 2.11. The van der Waals surface area contributed by atoms with E-state index in [4.69, 9.17) is 4.74 Å². The number of hydrogen-bond donors (Lipinski definition) is 0. The predicted octanol–water partition coefficient (Wildman–Crippen LogP) is 0.125. The summed E-state index contributed by atoms with van der Waals surface area (Å²) in [4.78, 5) is 1.42. The topological polar surface area (TPSA) is 65.7 Å². The molecule has 0 bridgehead atoms. The lowest BCUT2D eigenvalue weighted by atomic mass is 10.2. The van der Waals surface area contributed by atoms with E-state index in [2.05, 4.69) is 20.9 Å². The Morgan fingerprint density at radius 2 is 1.79 bits per heavy atom. The van der Waals surface area contributed by atoms with E-state index in [1.165, 1.54) is 4.80 Å². The van der Waals surface area contributed by atoms with Gasteiger partial charge in [-0.3, -0.25) is 0 Å². The third-order valence-corrected chi connectivity index (χ3v) is 1.81. The van der Waals surface area contributed by atoms with Gasteiger partial charge in [0.25, 0.3) is 0 Å². The average Bonchev–Trinajstić information content (AvgIpc) is 2.72. The van der Waals surface area contributed by atoms with E-state index in [1.807, 2.05) is 24.3 Å². The van der Waals surface area contributed by atoms with E-state index >= 15 is 0 Å². The minimum absolute atomic E-state index is 0.566. The van der Waals surface area contributed by atoms with Gasteiger partial charge >= 0.3 is 0 Å². The maximum Gasteiger partial charge on any atom is 0.118 e. The lowest BCUT2D eigenvalue weighted by Gasteiger charge is -2.01. The summed E-state index contributed by atoms with van der Waals surface area (Å²) in [6.45, 7) is 0.566. The number of hydrogen-bond acceptors (Lipinski definition) is 5. The SMILES string of the molecule is COc1ccc(Cn2nnnn2)cc1. The number of benzene rings is 1. The van der Waals surface area contributed by atoms with E-state index in [9.17, 15) is 0 Å². The molecule has 14 heavy (non-hydrogen) atoms. The lowest BCUT2D eigenvalue weighted by Crippen LogP contribution is -2.03. The highest BCUT2D eigenvalue weighted by molar-refractivity contribution is 5.26. The zero-order valence-electron chi connectivity index (χ0n) is 7.66. The van der Waals surface area contributed by atoms with Crippen LogP contribution in [-0.4, -0.2) is 32.8 Å². The summed E-state index contributed by atoms with van der Waals surface area (Å²) in [6, 6.07) is 7.67. The molecule has 0 radical (unpaired) electrons. The number of methoxy groups -OCH3 is 1. The van der Waals surface area contributed by atoms with Gasteiger partial charge in [0, 0.05) is 0 Å². The summed E-state index contributed by atoms with van der Waals surface area (Å²) in [5.74, 6) is 0.832. The molecule has 6 heteroatoms. The van der Waals surface area contributed by atoms with E-state index in [1.54, 1.807) is 7.11 Å². The van der Waals surface area contributed by atoms with Crippen LogP contribution in [0.5, 0.6) is 5.75 Å². The van der Waals surface area contributed by atoms with E-state index < -0.39 is 0 Å². The van der Waals surface area contributed by atoms with Crippen LogP contribution in [0, 0.1) is 0 Å². The molecule has 0 amide bonds. The van der Waals surface area contributed by atoms with Crippen LogP contribution in [0.2, 0.25) is 0 Å². The standard InChI is InChI=1S/C8H9N5O/c1-14-8-4-2-7(3-5-8)6-13-11-9-10-12-13/h2-5H,6H2,1H3. The second-order valence-corrected chi connectivity index (χ2v) is 2.74. The summed E-state index contributed by atoms with van der Waals surface area (Å²) in [6.07, 6.45) is 0. The fourth-order valence-corrected chi connectivity index (χ4v) is 1.10. The lowest BCUT2D eigenvalue weighted by molar-refractivity contribution is 0.414. The minimum atomic E-state index is 0.566. The molecular weight excluding hydrogens is 182 g/mol. The average molecular weight is 191 g/mol.